The molecular weight excluding hydrogens is 256 g/mol. The molecule has 2 fully saturated rings. The molecular formula is C14H26N4O2. The molecule has 0 aromatic rings. The standard InChI is InChI=1S/C14H26N4O2/c1-13(2,3)11(19)10-6-7-16-8-9-17(14(4,5)15)12(20)18(10)16/h10H,6-9,15H2,1-5H3. The van der Waals surface area contributed by atoms with E-state index in [4.69, 9.17) is 5.73 Å². The second-order valence-corrected chi connectivity index (χ2v) is 7.30. The summed E-state index contributed by atoms with van der Waals surface area (Å²) in [4.78, 5) is 26.9. The highest BCUT2D eigenvalue weighted by Gasteiger charge is 2.48. The minimum absolute atomic E-state index is 0.116. The van der Waals surface area contributed by atoms with Crippen LogP contribution in [0, 0.1) is 5.41 Å². The number of hydrogen-bond acceptors (Lipinski definition) is 4. The Bertz CT molecular complexity index is 422. The Morgan fingerprint density at radius 3 is 2.25 bits per heavy atom. The van der Waals surface area contributed by atoms with E-state index in [-0.39, 0.29) is 17.9 Å². The molecule has 1 unspecified atom stereocenters. The third-order valence-electron chi connectivity index (χ3n) is 4.01. The molecule has 6 heteroatoms. The summed E-state index contributed by atoms with van der Waals surface area (Å²) in [5, 5.41) is 3.62. The predicted molar refractivity (Wildman–Crippen MR) is 76.6 cm³/mol. The van der Waals surface area contributed by atoms with Gasteiger partial charge >= 0.3 is 6.03 Å². The molecule has 2 rings (SSSR count). The van der Waals surface area contributed by atoms with Gasteiger partial charge in [0, 0.05) is 25.0 Å². The minimum Gasteiger partial charge on any atom is -0.309 e. The number of ketones is 1. The molecule has 2 heterocycles. The fourth-order valence-electron chi connectivity index (χ4n) is 2.88. The highest BCUT2D eigenvalue weighted by atomic mass is 16.2. The van der Waals surface area contributed by atoms with E-state index in [1.54, 1.807) is 9.91 Å². The summed E-state index contributed by atoms with van der Waals surface area (Å²) in [5.41, 5.74) is 4.92. The van der Waals surface area contributed by atoms with Crippen LogP contribution in [0.25, 0.3) is 0 Å². The van der Waals surface area contributed by atoms with Crippen LogP contribution in [0.2, 0.25) is 0 Å². The van der Waals surface area contributed by atoms with Gasteiger partial charge in [-0.25, -0.2) is 14.8 Å². The number of nitrogens with zero attached hydrogens (tertiary/aromatic N) is 3. The second-order valence-electron chi connectivity index (χ2n) is 7.30. The lowest BCUT2D eigenvalue weighted by atomic mass is 9.85. The number of nitrogens with two attached hydrogens (primary N) is 1. The molecule has 0 aromatic heterocycles. The van der Waals surface area contributed by atoms with E-state index < -0.39 is 11.1 Å². The summed E-state index contributed by atoms with van der Waals surface area (Å²) < 4.78 is 0. The zero-order chi connectivity index (χ0) is 15.3. The van der Waals surface area contributed by atoms with E-state index >= 15 is 0 Å². The zero-order valence-electron chi connectivity index (χ0n) is 13.1. The van der Waals surface area contributed by atoms with Gasteiger partial charge in [0.05, 0.1) is 5.66 Å². The maximum absolute atomic E-state index is 12.7. The number of urea groups is 1. The van der Waals surface area contributed by atoms with Gasteiger partial charge in [0.1, 0.15) is 6.04 Å². The van der Waals surface area contributed by atoms with Gasteiger partial charge in [-0.15, -0.1) is 0 Å². The minimum atomic E-state index is -0.707. The molecule has 1 atom stereocenters. The largest absolute Gasteiger partial charge is 0.336 e. The monoisotopic (exact) mass is 282 g/mol. The molecule has 0 aromatic carbocycles. The van der Waals surface area contributed by atoms with E-state index in [9.17, 15) is 9.59 Å². The number of Topliss-reactive ketones (excluding diaryl/α,β-unsaturated/α-hetero) is 1. The number of rotatable bonds is 2. The third kappa shape index (κ3) is 2.54. The molecule has 2 saturated heterocycles. The van der Waals surface area contributed by atoms with Gasteiger partial charge < -0.3 is 10.6 Å². The smallest absolute Gasteiger partial charge is 0.309 e. The van der Waals surface area contributed by atoms with Gasteiger partial charge in [0.2, 0.25) is 0 Å². The number of carbonyl (C=O) groups excluding carboxylic acids is 2. The predicted octanol–water partition coefficient (Wildman–Crippen LogP) is 1.02. The number of hydrogen-bond donors (Lipinski definition) is 1. The Balaban J connectivity index is 2.25. The van der Waals surface area contributed by atoms with Crippen molar-refractivity contribution in [3.05, 3.63) is 0 Å². The van der Waals surface area contributed by atoms with Crippen molar-refractivity contribution < 1.29 is 9.59 Å². The Morgan fingerprint density at radius 1 is 1.15 bits per heavy atom. The van der Waals surface area contributed by atoms with Crippen molar-refractivity contribution in [3.8, 4) is 0 Å². The van der Waals surface area contributed by atoms with Crippen LogP contribution in [-0.4, -0.2) is 58.1 Å². The van der Waals surface area contributed by atoms with E-state index in [0.717, 1.165) is 13.1 Å². The van der Waals surface area contributed by atoms with Gasteiger partial charge in [-0.05, 0) is 20.3 Å². The number of amides is 2. The van der Waals surface area contributed by atoms with Crippen LogP contribution >= 0.6 is 0 Å². The summed E-state index contributed by atoms with van der Waals surface area (Å²) in [6, 6.07) is -0.503. The Morgan fingerprint density at radius 2 is 1.75 bits per heavy atom. The molecule has 0 saturated carbocycles. The lowest BCUT2D eigenvalue weighted by Crippen LogP contribution is -2.67. The van der Waals surface area contributed by atoms with Crippen molar-refractivity contribution in [2.24, 2.45) is 11.1 Å². The second kappa shape index (κ2) is 4.70. The number of hydrazine groups is 1. The first-order valence-electron chi connectivity index (χ1n) is 7.22. The number of carbonyl (C=O) groups is 2. The van der Waals surface area contributed by atoms with E-state index in [0.29, 0.717) is 13.0 Å². The normalized spacial score (nSPS) is 25.1. The highest BCUT2D eigenvalue weighted by Crippen LogP contribution is 2.31. The van der Waals surface area contributed by atoms with E-state index in [1.807, 2.05) is 39.6 Å². The van der Waals surface area contributed by atoms with Gasteiger partial charge in [-0.2, -0.15) is 0 Å². The molecule has 2 aliphatic heterocycles. The topological polar surface area (TPSA) is 69.9 Å². The molecule has 2 N–H and O–H groups in total. The van der Waals surface area contributed by atoms with Gasteiger partial charge in [-0.3, -0.25) is 4.79 Å². The Kier molecular flexibility index (Phi) is 3.59. The molecule has 114 valence electrons. The van der Waals surface area contributed by atoms with Crippen molar-refractivity contribution >= 4 is 11.8 Å². The summed E-state index contributed by atoms with van der Waals surface area (Å²) >= 11 is 0. The molecule has 20 heavy (non-hydrogen) atoms. The van der Waals surface area contributed by atoms with Crippen LogP contribution in [0.5, 0.6) is 0 Å². The van der Waals surface area contributed by atoms with Crippen LogP contribution in [0.1, 0.15) is 41.0 Å². The maximum Gasteiger partial charge on any atom is 0.336 e. The first-order valence-corrected chi connectivity index (χ1v) is 7.22. The molecule has 0 aliphatic carbocycles. The van der Waals surface area contributed by atoms with Crippen molar-refractivity contribution in [1.29, 1.82) is 0 Å². The molecule has 6 nitrogen and oxygen atoms in total. The van der Waals surface area contributed by atoms with Gasteiger partial charge in [-0.1, -0.05) is 20.8 Å². The van der Waals surface area contributed by atoms with Crippen LogP contribution in [0.3, 0.4) is 0 Å². The quantitative estimate of drug-likeness (QED) is 0.821. The van der Waals surface area contributed by atoms with Gasteiger partial charge in [0.25, 0.3) is 0 Å². The first kappa shape index (κ1) is 15.3. The number of fused-ring (bicyclic) bond motifs is 1. The van der Waals surface area contributed by atoms with E-state index in [1.165, 1.54) is 0 Å². The van der Waals surface area contributed by atoms with Crippen molar-refractivity contribution in [2.45, 2.75) is 52.7 Å². The van der Waals surface area contributed by atoms with Crippen molar-refractivity contribution in [3.63, 3.8) is 0 Å². The Hall–Kier alpha value is -1.14. The summed E-state index contributed by atoms with van der Waals surface area (Å²) in [6.07, 6.45) is 0.709. The van der Waals surface area contributed by atoms with Crippen molar-refractivity contribution in [2.75, 3.05) is 19.6 Å². The fourth-order valence-corrected chi connectivity index (χ4v) is 2.88. The zero-order valence-corrected chi connectivity index (χ0v) is 13.1. The average Bonchev–Trinajstić information content (AvgIpc) is 2.69. The molecule has 2 amide bonds. The summed E-state index contributed by atoms with van der Waals surface area (Å²) in [7, 11) is 0. The lowest BCUT2D eigenvalue weighted by Gasteiger charge is -2.46. The van der Waals surface area contributed by atoms with Crippen molar-refractivity contribution in [1.82, 2.24) is 14.9 Å². The van der Waals surface area contributed by atoms with Crippen LogP contribution in [-0.2, 0) is 4.79 Å². The van der Waals surface area contributed by atoms with E-state index in [2.05, 4.69) is 0 Å². The van der Waals surface area contributed by atoms with Crippen LogP contribution in [0.15, 0.2) is 0 Å². The molecule has 0 spiro atoms. The first-order chi connectivity index (χ1) is 9.03. The summed E-state index contributed by atoms with van der Waals surface area (Å²) in [5.74, 6) is 0.116. The maximum atomic E-state index is 12.7. The van der Waals surface area contributed by atoms with Crippen LogP contribution in [0.4, 0.5) is 4.79 Å². The third-order valence-corrected chi connectivity index (χ3v) is 4.01. The fraction of sp³-hybridized carbons (Fsp3) is 0.857. The molecule has 0 bridgehead atoms. The average molecular weight is 282 g/mol. The highest BCUT2D eigenvalue weighted by molar-refractivity contribution is 5.92. The summed E-state index contributed by atoms with van der Waals surface area (Å²) in [6.45, 7) is 11.4. The Labute approximate surface area is 120 Å². The van der Waals surface area contributed by atoms with Crippen LogP contribution < -0.4 is 5.73 Å². The van der Waals surface area contributed by atoms with Gasteiger partial charge in [0.15, 0.2) is 5.78 Å². The lowest BCUT2D eigenvalue weighted by molar-refractivity contribution is -0.135. The SMILES string of the molecule is CC(C)(C)C(=O)C1CCN2CCN(C(C)(C)N)C(=O)N12. The molecule has 2 aliphatic rings. The molecule has 0 radical (unpaired) electrons.